The Morgan fingerprint density at radius 2 is 1.32 bits per heavy atom. The summed E-state index contributed by atoms with van der Waals surface area (Å²) in [4.78, 5) is 44.1. The van der Waals surface area contributed by atoms with Crippen molar-refractivity contribution in [2.75, 3.05) is 11.1 Å². The second-order valence-electron chi connectivity index (χ2n) is 7.80. The second kappa shape index (κ2) is 12.5. The second-order valence-corrected chi connectivity index (χ2v) is 7.80. The average molecular weight is 509 g/mol. The van der Waals surface area contributed by atoms with Gasteiger partial charge < -0.3 is 10.5 Å². The maximum atomic E-state index is 12.4. The van der Waals surface area contributed by atoms with Gasteiger partial charge in [0.05, 0.1) is 5.69 Å². The number of anilines is 2. The number of aromatic nitrogens is 4. The molecular weight excluding hydrogens is 484 g/mol. The van der Waals surface area contributed by atoms with Crippen molar-refractivity contribution in [3.05, 3.63) is 142 Å². The lowest BCUT2D eigenvalue weighted by Crippen LogP contribution is -2.25. The van der Waals surface area contributed by atoms with Crippen LogP contribution in [0.2, 0.25) is 0 Å². The highest BCUT2D eigenvalue weighted by Gasteiger charge is 2.10. The molecular formula is C28H24N6O4. The minimum absolute atomic E-state index is 0.126. The van der Waals surface area contributed by atoms with E-state index in [2.05, 4.69) is 15.3 Å². The van der Waals surface area contributed by atoms with Crippen LogP contribution in [0.15, 0.2) is 125 Å². The van der Waals surface area contributed by atoms with Gasteiger partial charge in [-0.15, -0.1) is 0 Å². The SMILES string of the molecule is Nc1cccn(-c2ccccn2)c1=O.O=C(Nc1cccn(-c2ccccn2)c1=O)OCc1ccccc1. The molecule has 0 atom stereocenters. The lowest BCUT2D eigenvalue weighted by molar-refractivity contribution is 0.155. The van der Waals surface area contributed by atoms with Crippen LogP contribution in [0.5, 0.6) is 0 Å². The molecule has 190 valence electrons. The highest BCUT2D eigenvalue weighted by molar-refractivity contribution is 5.84. The highest BCUT2D eigenvalue weighted by Crippen LogP contribution is 2.06. The molecule has 0 fully saturated rings. The van der Waals surface area contributed by atoms with Crippen molar-refractivity contribution >= 4 is 17.5 Å². The van der Waals surface area contributed by atoms with E-state index < -0.39 is 6.09 Å². The van der Waals surface area contributed by atoms with Crippen LogP contribution in [0.25, 0.3) is 11.6 Å². The molecule has 1 aromatic carbocycles. The molecule has 0 aliphatic rings. The van der Waals surface area contributed by atoms with E-state index >= 15 is 0 Å². The first-order valence-corrected chi connectivity index (χ1v) is 11.5. The van der Waals surface area contributed by atoms with E-state index in [-0.39, 0.29) is 29.1 Å². The van der Waals surface area contributed by atoms with Crippen molar-refractivity contribution < 1.29 is 9.53 Å². The van der Waals surface area contributed by atoms with Gasteiger partial charge in [-0.1, -0.05) is 42.5 Å². The molecule has 0 bridgehead atoms. The van der Waals surface area contributed by atoms with Gasteiger partial charge in [0, 0.05) is 24.8 Å². The molecule has 0 unspecified atom stereocenters. The molecule has 5 aromatic rings. The number of hydrogen-bond acceptors (Lipinski definition) is 7. The highest BCUT2D eigenvalue weighted by atomic mass is 16.5. The molecule has 4 heterocycles. The van der Waals surface area contributed by atoms with Gasteiger partial charge in [-0.25, -0.2) is 14.8 Å². The lowest BCUT2D eigenvalue weighted by atomic mass is 10.2. The Hall–Kier alpha value is -5.51. The first-order chi connectivity index (χ1) is 18.5. The number of nitrogens with two attached hydrogens (primary N) is 1. The van der Waals surface area contributed by atoms with Gasteiger partial charge in [-0.2, -0.15) is 0 Å². The molecule has 1 amide bonds. The number of nitrogen functional groups attached to an aromatic ring is 1. The van der Waals surface area contributed by atoms with Gasteiger partial charge in [0.15, 0.2) is 0 Å². The molecule has 10 heteroatoms. The van der Waals surface area contributed by atoms with Crippen LogP contribution >= 0.6 is 0 Å². The predicted molar refractivity (Wildman–Crippen MR) is 144 cm³/mol. The summed E-state index contributed by atoms with van der Waals surface area (Å²) in [6.45, 7) is 0.133. The Morgan fingerprint density at radius 1 is 0.737 bits per heavy atom. The van der Waals surface area contributed by atoms with Crippen molar-refractivity contribution in [2.24, 2.45) is 0 Å². The fourth-order valence-electron chi connectivity index (χ4n) is 3.32. The summed E-state index contributed by atoms with van der Waals surface area (Å²) in [6, 6.07) is 26.4. The van der Waals surface area contributed by atoms with Gasteiger partial charge in [0.1, 0.15) is 23.9 Å². The number of pyridine rings is 4. The van der Waals surface area contributed by atoms with Crippen LogP contribution in [0.1, 0.15) is 5.56 Å². The molecule has 3 N–H and O–H groups in total. The Bertz CT molecular complexity index is 1600. The van der Waals surface area contributed by atoms with E-state index in [9.17, 15) is 14.4 Å². The van der Waals surface area contributed by atoms with Crippen LogP contribution in [0.4, 0.5) is 16.2 Å². The first kappa shape index (κ1) is 25.6. The lowest BCUT2D eigenvalue weighted by Gasteiger charge is -2.09. The maximum absolute atomic E-state index is 12.4. The molecule has 0 saturated carbocycles. The molecule has 0 aliphatic carbocycles. The number of ether oxygens (including phenoxy) is 1. The van der Waals surface area contributed by atoms with Crippen LogP contribution in [-0.4, -0.2) is 25.2 Å². The smallest absolute Gasteiger partial charge is 0.412 e. The summed E-state index contributed by atoms with van der Waals surface area (Å²) in [6.07, 6.45) is 5.77. The summed E-state index contributed by atoms with van der Waals surface area (Å²) in [5.41, 5.74) is 6.08. The van der Waals surface area contributed by atoms with Crippen LogP contribution in [-0.2, 0) is 11.3 Å². The number of carbonyl (C=O) groups excluding carboxylic acids is 1. The fourth-order valence-corrected chi connectivity index (χ4v) is 3.32. The third-order valence-electron chi connectivity index (χ3n) is 5.17. The quantitative estimate of drug-likeness (QED) is 0.369. The molecule has 0 aliphatic heterocycles. The van der Waals surface area contributed by atoms with E-state index in [0.717, 1.165) is 5.56 Å². The molecule has 5 rings (SSSR count). The van der Waals surface area contributed by atoms with E-state index in [1.165, 1.54) is 15.2 Å². The fraction of sp³-hybridized carbons (Fsp3) is 0.0357. The Balaban J connectivity index is 0.000000204. The zero-order valence-electron chi connectivity index (χ0n) is 20.2. The van der Waals surface area contributed by atoms with E-state index in [1.807, 2.05) is 36.4 Å². The van der Waals surface area contributed by atoms with Gasteiger partial charge in [-0.05, 0) is 54.1 Å². The van der Waals surface area contributed by atoms with Crippen LogP contribution in [0, 0.1) is 0 Å². The van der Waals surface area contributed by atoms with Gasteiger partial charge in [-0.3, -0.25) is 24.0 Å². The molecule has 10 nitrogen and oxygen atoms in total. The molecule has 38 heavy (non-hydrogen) atoms. The number of hydrogen-bond donors (Lipinski definition) is 2. The zero-order chi connectivity index (χ0) is 26.7. The summed E-state index contributed by atoms with van der Waals surface area (Å²) in [7, 11) is 0. The summed E-state index contributed by atoms with van der Waals surface area (Å²) in [5, 5.41) is 2.47. The Labute approximate surface area is 217 Å². The van der Waals surface area contributed by atoms with E-state index in [0.29, 0.717) is 11.6 Å². The normalized spacial score (nSPS) is 10.1. The number of benzene rings is 1. The monoisotopic (exact) mass is 508 g/mol. The van der Waals surface area contributed by atoms with Gasteiger partial charge in [0.2, 0.25) is 0 Å². The van der Waals surface area contributed by atoms with Gasteiger partial charge >= 0.3 is 6.09 Å². The van der Waals surface area contributed by atoms with Crippen molar-refractivity contribution in [1.29, 1.82) is 0 Å². The van der Waals surface area contributed by atoms with Crippen LogP contribution < -0.4 is 22.2 Å². The topological polar surface area (TPSA) is 134 Å². The predicted octanol–water partition coefficient (Wildman–Crippen LogP) is 3.80. The van der Waals surface area contributed by atoms with Crippen molar-refractivity contribution in [1.82, 2.24) is 19.1 Å². The van der Waals surface area contributed by atoms with E-state index in [1.54, 1.807) is 73.3 Å². The van der Waals surface area contributed by atoms with Crippen molar-refractivity contribution in [3.63, 3.8) is 0 Å². The van der Waals surface area contributed by atoms with Crippen molar-refractivity contribution in [3.8, 4) is 11.6 Å². The Morgan fingerprint density at radius 3 is 1.92 bits per heavy atom. The largest absolute Gasteiger partial charge is 0.444 e. The zero-order valence-corrected chi connectivity index (χ0v) is 20.2. The molecule has 4 aromatic heterocycles. The number of amides is 1. The maximum Gasteiger partial charge on any atom is 0.412 e. The number of rotatable bonds is 5. The summed E-state index contributed by atoms with van der Waals surface area (Å²) < 4.78 is 7.88. The molecule has 0 saturated heterocycles. The third-order valence-corrected chi connectivity index (χ3v) is 5.17. The summed E-state index contributed by atoms with van der Waals surface area (Å²) >= 11 is 0. The minimum atomic E-state index is -0.685. The third kappa shape index (κ3) is 6.58. The average Bonchev–Trinajstić information content (AvgIpc) is 2.96. The van der Waals surface area contributed by atoms with Crippen LogP contribution in [0.3, 0.4) is 0 Å². The number of nitrogens with one attached hydrogen (secondary N) is 1. The molecule has 0 spiro atoms. The summed E-state index contributed by atoms with van der Waals surface area (Å²) in [5.74, 6) is 1.05. The first-order valence-electron chi connectivity index (χ1n) is 11.5. The molecule has 0 radical (unpaired) electrons. The number of carbonyl (C=O) groups is 1. The Kier molecular flexibility index (Phi) is 8.38. The standard InChI is InChI=1S/C18H15N3O3.C10H9N3O/c22-17-15(9-6-12-21(17)16-10-4-5-11-19-16)20-18(23)24-13-14-7-2-1-3-8-14;11-8-4-3-7-13(10(8)14)9-5-1-2-6-12-9/h1-12H,13H2,(H,20,23);1-7H,11H2. The minimum Gasteiger partial charge on any atom is -0.444 e. The number of nitrogens with zero attached hydrogens (tertiary/aromatic N) is 4. The van der Waals surface area contributed by atoms with Crippen molar-refractivity contribution in [2.45, 2.75) is 6.61 Å². The van der Waals surface area contributed by atoms with E-state index in [4.69, 9.17) is 10.5 Å². The van der Waals surface area contributed by atoms with Gasteiger partial charge in [0.25, 0.3) is 11.1 Å².